The molecule has 2 rings (SSSR count). The zero-order valence-corrected chi connectivity index (χ0v) is 12.1. The number of aromatic nitrogens is 2. The van der Waals surface area contributed by atoms with Gasteiger partial charge in [0.05, 0.1) is 5.69 Å². The standard InChI is InChI=1S/C16H23N3/c1-4-12-19-16(10-11-18-19)15-8-6-14(7-9-15)13(3)17-5-2/h6-11,13,17H,4-5,12H2,1-3H3. The van der Waals surface area contributed by atoms with Crippen LogP contribution in [-0.2, 0) is 6.54 Å². The van der Waals surface area contributed by atoms with Crippen LogP contribution in [0.25, 0.3) is 11.3 Å². The van der Waals surface area contributed by atoms with Gasteiger partial charge in [0.25, 0.3) is 0 Å². The molecule has 2 aromatic rings. The van der Waals surface area contributed by atoms with E-state index < -0.39 is 0 Å². The van der Waals surface area contributed by atoms with Crippen LogP contribution in [0.4, 0.5) is 0 Å². The normalized spacial score (nSPS) is 12.6. The molecule has 0 saturated carbocycles. The van der Waals surface area contributed by atoms with E-state index in [1.807, 2.05) is 6.20 Å². The molecule has 0 bridgehead atoms. The van der Waals surface area contributed by atoms with E-state index in [1.54, 1.807) is 0 Å². The largest absolute Gasteiger partial charge is 0.310 e. The van der Waals surface area contributed by atoms with Crippen LogP contribution in [0, 0.1) is 0 Å². The van der Waals surface area contributed by atoms with Crippen LogP contribution in [0.15, 0.2) is 36.5 Å². The summed E-state index contributed by atoms with van der Waals surface area (Å²) in [6.45, 7) is 8.46. The summed E-state index contributed by atoms with van der Waals surface area (Å²) >= 11 is 0. The van der Waals surface area contributed by atoms with Crippen molar-refractivity contribution >= 4 is 0 Å². The van der Waals surface area contributed by atoms with Gasteiger partial charge in [-0.2, -0.15) is 5.10 Å². The molecule has 102 valence electrons. The van der Waals surface area contributed by atoms with E-state index in [9.17, 15) is 0 Å². The summed E-state index contributed by atoms with van der Waals surface area (Å²) in [5, 5.41) is 7.80. The molecule has 1 unspecified atom stereocenters. The minimum absolute atomic E-state index is 0.402. The molecule has 1 N–H and O–H groups in total. The van der Waals surface area contributed by atoms with Crippen LogP contribution in [0.2, 0.25) is 0 Å². The van der Waals surface area contributed by atoms with Gasteiger partial charge in [-0.15, -0.1) is 0 Å². The lowest BCUT2D eigenvalue weighted by Gasteiger charge is -2.13. The van der Waals surface area contributed by atoms with Crippen LogP contribution >= 0.6 is 0 Å². The molecular formula is C16H23N3. The lowest BCUT2D eigenvalue weighted by atomic mass is 10.0. The van der Waals surface area contributed by atoms with Crippen LogP contribution in [0.3, 0.4) is 0 Å². The van der Waals surface area contributed by atoms with E-state index in [1.165, 1.54) is 16.8 Å². The average molecular weight is 257 g/mol. The van der Waals surface area contributed by atoms with Gasteiger partial charge in [0.2, 0.25) is 0 Å². The number of rotatable bonds is 6. The molecular weight excluding hydrogens is 234 g/mol. The Bertz CT molecular complexity index is 499. The van der Waals surface area contributed by atoms with Crippen molar-refractivity contribution < 1.29 is 0 Å². The van der Waals surface area contributed by atoms with Gasteiger partial charge in [-0.25, -0.2) is 0 Å². The Morgan fingerprint density at radius 2 is 1.89 bits per heavy atom. The fraction of sp³-hybridized carbons (Fsp3) is 0.438. The first kappa shape index (κ1) is 13.8. The predicted octanol–water partition coefficient (Wildman–Crippen LogP) is 3.63. The van der Waals surface area contributed by atoms with Crippen molar-refractivity contribution in [1.82, 2.24) is 15.1 Å². The van der Waals surface area contributed by atoms with Gasteiger partial charge >= 0.3 is 0 Å². The Labute approximate surface area is 115 Å². The van der Waals surface area contributed by atoms with E-state index in [-0.39, 0.29) is 0 Å². The molecule has 0 aliphatic carbocycles. The molecule has 0 spiro atoms. The van der Waals surface area contributed by atoms with Gasteiger partial charge in [0, 0.05) is 18.8 Å². The monoisotopic (exact) mass is 257 g/mol. The molecule has 19 heavy (non-hydrogen) atoms. The maximum absolute atomic E-state index is 4.37. The molecule has 0 aliphatic heterocycles. The van der Waals surface area contributed by atoms with Crippen LogP contribution < -0.4 is 5.32 Å². The number of nitrogens with one attached hydrogen (secondary N) is 1. The van der Waals surface area contributed by atoms with Crippen LogP contribution in [-0.4, -0.2) is 16.3 Å². The highest BCUT2D eigenvalue weighted by Crippen LogP contribution is 2.22. The fourth-order valence-corrected chi connectivity index (χ4v) is 2.33. The minimum Gasteiger partial charge on any atom is -0.310 e. The second-order valence-corrected chi connectivity index (χ2v) is 4.84. The highest BCUT2D eigenvalue weighted by molar-refractivity contribution is 5.59. The number of aryl methyl sites for hydroxylation is 1. The highest BCUT2D eigenvalue weighted by atomic mass is 15.3. The Hall–Kier alpha value is -1.61. The second kappa shape index (κ2) is 6.53. The van der Waals surface area contributed by atoms with Crippen molar-refractivity contribution in [1.29, 1.82) is 0 Å². The SMILES string of the molecule is CCCn1nccc1-c1ccc(C(C)NCC)cc1. The predicted molar refractivity (Wildman–Crippen MR) is 80.0 cm³/mol. The third kappa shape index (κ3) is 3.24. The molecule has 1 aromatic carbocycles. The molecule has 3 heteroatoms. The smallest absolute Gasteiger partial charge is 0.0682 e. The first-order valence-electron chi connectivity index (χ1n) is 7.11. The van der Waals surface area contributed by atoms with E-state index in [0.717, 1.165) is 19.5 Å². The van der Waals surface area contributed by atoms with E-state index >= 15 is 0 Å². The lowest BCUT2D eigenvalue weighted by Crippen LogP contribution is -2.17. The maximum Gasteiger partial charge on any atom is 0.0682 e. The molecule has 0 aliphatic rings. The Balaban J connectivity index is 2.20. The molecule has 0 amide bonds. The Morgan fingerprint density at radius 1 is 1.16 bits per heavy atom. The summed E-state index contributed by atoms with van der Waals surface area (Å²) in [5.74, 6) is 0. The second-order valence-electron chi connectivity index (χ2n) is 4.84. The topological polar surface area (TPSA) is 29.9 Å². The number of benzene rings is 1. The highest BCUT2D eigenvalue weighted by Gasteiger charge is 2.07. The quantitative estimate of drug-likeness (QED) is 0.856. The molecule has 1 aromatic heterocycles. The third-order valence-electron chi connectivity index (χ3n) is 3.37. The molecule has 1 heterocycles. The first-order chi connectivity index (χ1) is 9.26. The van der Waals surface area contributed by atoms with E-state index in [0.29, 0.717) is 6.04 Å². The first-order valence-corrected chi connectivity index (χ1v) is 7.11. The average Bonchev–Trinajstić information content (AvgIpc) is 2.88. The van der Waals surface area contributed by atoms with Crippen molar-refractivity contribution in [3.8, 4) is 11.3 Å². The van der Waals surface area contributed by atoms with Gasteiger partial charge < -0.3 is 5.32 Å². The number of hydrogen-bond donors (Lipinski definition) is 1. The van der Waals surface area contributed by atoms with Crippen molar-refractivity contribution in [2.45, 2.75) is 39.8 Å². The fourth-order valence-electron chi connectivity index (χ4n) is 2.33. The summed E-state index contributed by atoms with van der Waals surface area (Å²) in [7, 11) is 0. The van der Waals surface area contributed by atoms with Crippen molar-refractivity contribution in [3.63, 3.8) is 0 Å². The number of nitrogens with zero attached hydrogens (tertiary/aromatic N) is 2. The zero-order valence-electron chi connectivity index (χ0n) is 12.1. The van der Waals surface area contributed by atoms with Gasteiger partial charge in [-0.3, -0.25) is 4.68 Å². The number of hydrogen-bond acceptors (Lipinski definition) is 2. The van der Waals surface area contributed by atoms with Gasteiger partial charge in [-0.1, -0.05) is 38.1 Å². The van der Waals surface area contributed by atoms with Gasteiger partial charge in [0.1, 0.15) is 0 Å². The van der Waals surface area contributed by atoms with Crippen molar-refractivity contribution in [2.24, 2.45) is 0 Å². The summed E-state index contributed by atoms with van der Waals surface area (Å²) in [6.07, 6.45) is 2.98. The summed E-state index contributed by atoms with van der Waals surface area (Å²) in [5.41, 5.74) is 3.76. The van der Waals surface area contributed by atoms with E-state index in [2.05, 4.69) is 66.2 Å². The van der Waals surface area contributed by atoms with Crippen molar-refractivity contribution in [3.05, 3.63) is 42.1 Å². The maximum atomic E-state index is 4.37. The minimum atomic E-state index is 0.402. The van der Waals surface area contributed by atoms with Crippen LogP contribution in [0.5, 0.6) is 0 Å². The molecule has 0 fully saturated rings. The zero-order chi connectivity index (χ0) is 13.7. The van der Waals surface area contributed by atoms with Gasteiger partial charge in [-0.05, 0) is 37.1 Å². The van der Waals surface area contributed by atoms with E-state index in [4.69, 9.17) is 0 Å². The summed E-state index contributed by atoms with van der Waals surface area (Å²) < 4.78 is 2.07. The van der Waals surface area contributed by atoms with Gasteiger partial charge in [0.15, 0.2) is 0 Å². The molecule has 3 nitrogen and oxygen atoms in total. The molecule has 0 saturated heterocycles. The summed E-state index contributed by atoms with van der Waals surface area (Å²) in [4.78, 5) is 0. The molecule has 1 atom stereocenters. The molecule has 0 radical (unpaired) electrons. The summed E-state index contributed by atoms with van der Waals surface area (Å²) in [6, 6.07) is 11.3. The van der Waals surface area contributed by atoms with Crippen LogP contribution in [0.1, 0.15) is 38.8 Å². The lowest BCUT2D eigenvalue weighted by molar-refractivity contribution is 0.598. The third-order valence-corrected chi connectivity index (χ3v) is 3.37. The van der Waals surface area contributed by atoms with Crippen molar-refractivity contribution in [2.75, 3.05) is 6.54 Å². The Kier molecular flexibility index (Phi) is 4.74. The Morgan fingerprint density at radius 3 is 2.53 bits per heavy atom.